The van der Waals surface area contributed by atoms with Gasteiger partial charge in [0.25, 0.3) is 0 Å². The molecule has 4 nitrogen and oxygen atoms in total. The second-order valence-corrected chi connectivity index (χ2v) is 2.88. The van der Waals surface area contributed by atoms with Crippen LogP contribution in [0.4, 0.5) is 0 Å². The van der Waals surface area contributed by atoms with Crippen molar-refractivity contribution in [2.45, 2.75) is 27.7 Å². The van der Waals surface area contributed by atoms with Crippen LogP contribution in [0.3, 0.4) is 0 Å². The van der Waals surface area contributed by atoms with Gasteiger partial charge in [-0.25, -0.2) is 0 Å². The standard InChI is InChI=1S/C4H6BrN.C3H3N.2C3H6O.2CH4.Na.H/c5-3-1-2-4-6;1-2-3-4;2*1-3-4-2;;;;/h1-3H2;2H,1H2;2*3H,1H2,2H3;2*1H4;;/q;;;;;;+1;-1. The van der Waals surface area contributed by atoms with Crippen LogP contribution in [0.15, 0.2) is 38.3 Å². The van der Waals surface area contributed by atoms with Gasteiger partial charge in [-0.3, -0.25) is 0 Å². The zero-order valence-corrected chi connectivity index (χ0v) is 15.6. The predicted octanol–water partition coefficient (Wildman–Crippen LogP) is 2.32. The van der Waals surface area contributed by atoms with Gasteiger partial charge in [-0.2, -0.15) is 10.5 Å². The first kappa shape index (κ1) is 42.7. The number of hydrogen-bond donors (Lipinski definition) is 0. The minimum Gasteiger partial charge on any atom is -1.00 e. The van der Waals surface area contributed by atoms with E-state index in [2.05, 4.69) is 45.1 Å². The van der Waals surface area contributed by atoms with E-state index in [9.17, 15) is 0 Å². The Morgan fingerprint density at radius 1 is 1.10 bits per heavy atom. The Bertz CT molecular complexity index is 247. The quantitative estimate of drug-likeness (QED) is 0.249. The van der Waals surface area contributed by atoms with Crippen molar-refractivity contribution >= 4 is 15.9 Å². The maximum Gasteiger partial charge on any atom is 1.00 e. The Hall–Kier alpha value is -0.720. The van der Waals surface area contributed by atoms with Gasteiger partial charge in [-0.15, -0.1) is 0 Å². The molecule has 0 saturated heterocycles. The summed E-state index contributed by atoms with van der Waals surface area (Å²) in [5.41, 5.74) is 0. The van der Waals surface area contributed by atoms with E-state index in [0.29, 0.717) is 6.42 Å². The van der Waals surface area contributed by atoms with Gasteiger partial charge in [0.1, 0.15) is 0 Å². The van der Waals surface area contributed by atoms with Gasteiger partial charge in [0, 0.05) is 17.8 Å². The summed E-state index contributed by atoms with van der Waals surface area (Å²) in [7, 11) is 3.12. The maximum atomic E-state index is 7.93. The van der Waals surface area contributed by atoms with Gasteiger partial charge in [0.15, 0.2) is 0 Å². The first-order valence-electron chi connectivity index (χ1n) is 4.87. The maximum absolute atomic E-state index is 7.93. The molecular weight excluding hydrogens is 343 g/mol. The molecule has 0 aromatic carbocycles. The molecule has 0 unspecified atom stereocenters. The van der Waals surface area contributed by atoms with Gasteiger partial charge >= 0.3 is 29.6 Å². The minimum absolute atomic E-state index is 0. The number of hydrogen-bond acceptors (Lipinski definition) is 4. The number of alkyl halides is 1. The van der Waals surface area contributed by atoms with E-state index in [4.69, 9.17) is 10.5 Å². The molecule has 0 spiro atoms. The number of unbranched alkanes of at least 4 members (excludes halogenated alkanes) is 1. The Morgan fingerprint density at radius 3 is 1.43 bits per heavy atom. The summed E-state index contributed by atoms with van der Waals surface area (Å²) < 4.78 is 8.61. The van der Waals surface area contributed by atoms with E-state index in [0.717, 1.165) is 11.8 Å². The average molecular weight is 373 g/mol. The first-order valence-corrected chi connectivity index (χ1v) is 5.99. The predicted molar refractivity (Wildman–Crippen MR) is 93.4 cm³/mol. The number of nitriles is 2. The van der Waals surface area contributed by atoms with Gasteiger partial charge < -0.3 is 10.9 Å². The second kappa shape index (κ2) is 74.8. The molecule has 0 aromatic rings. The molecule has 0 fully saturated rings. The third-order valence-electron chi connectivity index (χ3n) is 0.847. The first-order chi connectivity index (χ1) is 8.66. The number of halogens is 1. The fourth-order valence-electron chi connectivity index (χ4n) is 0.146. The Balaban J connectivity index is -0.0000000190. The third kappa shape index (κ3) is 207. The van der Waals surface area contributed by atoms with Crippen molar-refractivity contribution in [3.63, 3.8) is 0 Å². The Morgan fingerprint density at radius 2 is 1.38 bits per heavy atom. The van der Waals surface area contributed by atoms with Crippen LogP contribution in [0.1, 0.15) is 29.1 Å². The van der Waals surface area contributed by atoms with Crippen LogP contribution in [-0.4, -0.2) is 19.5 Å². The molecule has 120 valence electrons. The van der Waals surface area contributed by atoms with Crippen molar-refractivity contribution in [2.75, 3.05) is 19.5 Å². The van der Waals surface area contributed by atoms with E-state index >= 15 is 0 Å². The van der Waals surface area contributed by atoms with Gasteiger partial charge in [0.2, 0.25) is 0 Å². The van der Waals surface area contributed by atoms with Crippen molar-refractivity contribution in [2.24, 2.45) is 0 Å². The molecular formula is C15H30BrN2NaO2. The number of methoxy groups -OCH3 is 2. The van der Waals surface area contributed by atoms with Crippen molar-refractivity contribution in [3.05, 3.63) is 38.3 Å². The van der Waals surface area contributed by atoms with Crippen molar-refractivity contribution < 1.29 is 40.5 Å². The van der Waals surface area contributed by atoms with E-state index in [1.807, 2.05) is 6.07 Å². The molecule has 0 rings (SSSR count). The Kier molecular flexibility index (Phi) is 152. The molecule has 0 amide bonds. The molecule has 0 N–H and O–H groups in total. The smallest absolute Gasteiger partial charge is 1.00 e. The van der Waals surface area contributed by atoms with Gasteiger partial charge in [0.05, 0.1) is 38.9 Å². The molecule has 0 aromatic heterocycles. The topological polar surface area (TPSA) is 66.0 Å². The van der Waals surface area contributed by atoms with Crippen LogP contribution in [0.2, 0.25) is 0 Å². The number of ether oxygens (including phenoxy) is 2. The molecule has 0 aliphatic heterocycles. The SMILES string of the molecule is C.C.C=CC#N.C=COC.C=COC.N#CCCCBr.[H-].[Na+]. The summed E-state index contributed by atoms with van der Waals surface area (Å²) in [6.07, 6.45) is 5.57. The van der Waals surface area contributed by atoms with Gasteiger partial charge in [-0.05, 0) is 6.42 Å². The molecule has 0 radical (unpaired) electrons. The number of rotatable bonds is 4. The summed E-state index contributed by atoms with van der Waals surface area (Å²) in [5.74, 6) is 0. The molecule has 0 aliphatic carbocycles. The summed E-state index contributed by atoms with van der Waals surface area (Å²) in [6.45, 7) is 9.63. The van der Waals surface area contributed by atoms with Crippen LogP contribution in [0.5, 0.6) is 0 Å². The summed E-state index contributed by atoms with van der Waals surface area (Å²) in [6, 6.07) is 3.73. The molecule has 0 saturated carbocycles. The van der Waals surface area contributed by atoms with Crippen LogP contribution < -0.4 is 29.6 Å². The van der Waals surface area contributed by atoms with Crippen LogP contribution >= 0.6 is 15.9 Å². The van der Waals surface area contributed by atoms with E-state index < -0.39 is 0 Å². The summed E-state index contributed by atoms with van der Waals surface area (Å²) >= 11 is 3.20. The van der Waals surface area contributed by atoms with E-state index in [1.165, 1.54) is 18.6 Å². The number of nitrogens with zero attached hydrogens (tertiary/aromatic N) is 2. The molecule has 0 atom stereocenters. The monoisotopic (exact) mass is 372 g/mol. The average Bonchev–Trinajstić information content (AvgIpc) is 2.45. The van der Waals surface area contributed by atoms with Gasteiger partial charge in [-0.1, -0.05) is 50.5 Å². The van der Waals surface area contributed by atoms with Crippen LogP contribution in [0.25, 0.3) is 0 Å². The third-order valence-corrected chi connectivity index (χ3v) is 1.41. The van der Waals surface area contributed by atoms with Crippen molar-refractivity contribution in [3.8, 4) is 12.1 Å². The van der Waals surface area contributed by atoms with Crippen LogP contribution in [0, 0.1) is 22.7 Å². The van der Waals surface area contributed by atoms with Crippen molar-refractivity contribution in [1.29, 1.82) is 10.5 Å². The largest absolute Gasteiger partial charge is 1.00 e. The number of allylic oxidation sites excluding steroid dienone is 1. The summed E-state index contributed by atoms with van der Waals surface area (Å²) in [4.78, 5) is 0. The molecule has 6 heteroatoms. The fraction of sp³-hybridized carbons (Fsp3) is 0.467. The van der Waals surface area contributed by atoms with E-state index in [1.54, 1.807) is 20.3 Å². The zero-order chi connectivity index (χ0) is 15.1. The van der Waals surface area contributed by atoms with E-state index in [-0.39, 0.29) is 45.8 Å². The van der Waals surface area contributed by atoms with Crippen LogP contribution in [-0.2, 0) is 9.47 Å². The van der Waals surface area contributed by atoms with Crippen molar-refractivity contribution in [1.82, 2.24) is 0 Å². The zero-order valence-electron chi connectivity index (χ0n) is 13.1. The molecule has 0 heterocycles. The fourth-order valence-corrected chi connectivity index (χ4v) is 0.426. The molecule has 0 bridgehead atoms. The summed E-state index contributed by atoms with van der Waals surface area (Å²) in [5, 5.41) is 16.4. The second-order valence-electron chi connectivity index (χ2n) is 2.09. The normalized spacial score (nSPS) is 4.81. The Labute approximate surface area is 164 Å². The molecule has 21 heavy (non-hydrogen) atoms. The molecule has 0 aliphatic rings. The minimum atomic E-state index is 0.